The molecule has 1 aromatic rings. The fourth-order valence-electron chi connectivity index (χ4n) is 0.870. The minimum Gasteiger partial charge on any atom is -0.298 e. The number of halogens is 1. The molecule has 0 aromatic carbocycles. The van der Waals surface area contributed by atoms with Crippen molar-refractivity contribution in [1.29, 1.82) is 0 Å². The van der Waals surface area contributed by atoms with Gasteiger partial charge in [0.1, 0.15) is 5.78 Å². The SMILES string of the molecule is CC(=O)C(Cl)Cc1ccncc1. The van der Waals surface area contributed by atoms with E-state index in [-0.39, 0.29) is 5.78 Å². The lowest BCUT2D eigenvalue weighted by atomic mass is 10.1. The average Bonchev–Trinajstić information content (AvgIpc) is 2.06. The van der Waals surface area contributed by atoms with Gasteiger partial charge in [0.25, 0.3) is 0 Å². The monoisotopic (exact) mass is 183 g/mol. The molecule has 0 saturated carbocycles. The van der Waals surface area contributed by atoms with E-state index in [2.05, 4.69) is 4.98 Å². The summed E-state index contributed by atoms with van der Waals surface area (Å²) in [5.74, 6) is 0.00785. The molecule has 0 bridgehead atoms. The predicted molar refractivity (Wildman–Crippen MR) is 48.3 cm³/mol. The highest BCUT2D eigenvalue weighted by molar-refractivity contribution is 6.30. The molecule has 0 saturated heterocycles. The Bertz CT molecular complexity index is 260. The van der Waals surface area contributed by atoms with Crippen molar-refractivity contribution in [2.24, 2.45) is 0 Å². The predicted octanol–water partition coefficient (Wildman–Crippen LogP) is 1.82. The Morgan fingerprint density at radius 1 is 1.58 bits per heavy atom. The van der Waals surface area contributed by atoms with E-state index in [0.29, 0.717) is 6.42 Å². The van der Waals surface area contributed by atoms with Gasteiger partial charge in [-0.2, -0.15) is 0 Å². The summed E-state index contributed by atoms with van der Waals surface area (Å²) in [6.07, 6.45) is 3.97. The molecule has 0 N–H and O–H groups in total. The van der Waals surface area contributed by atoms with E-state index >= 15 is 0 Å². The van der Waals surface area contributed by atoms with E-state index < -0.39 is 5.38 Å². The third-order valence-electron chi connectivity index (χ3n) is 1.61. The molecular weight excluding hydrogens is 174 g/mol. The molecule has 0 aliphatic carbocycles. The first-order valence-electron chi connectivity index (χ1n) is 3.73. The van der Waals surface area contributed by atoms with Gasteiger partial charge in [-0.25, -0.2) is 0 Å². The van der Waals surface area contributed by atoms with Gasteiger partial charge < -0.3 is 0 Å². The number of carbonyl (C=O) groups excluding carboxylic acids is 1. The van der Waals surface area contributed by atoms with E-state index in [1.54, 1.807) is 12.4 Å². The number of alkyl halides is 1. The molecule has 3 heteroatoms. The highest BCUT2D eigenvalue weighted by Crippen LogP contribution is 2.07. The summed E-state index contributed by atoms with van der Waals surface area (Å²) in [6, 6.07) is 3.72. The van der Waals surface area contributed by atoms with Crippen LogP contribution in [0.25, 0.3) is 0 Å². The van der Waals surface area contributed by atoms with Crippen LogP contribution in [0.4, 0.5) is 0 Å². The molecule has 2 nitrogen and oxygen atoms in total. The van der Waals surface area contributed by atoms with E-state index in [4.69, 9.17) is 11.6 Å². The summed E-state index contributed by atoms with van der Waals surface area (Å²) < 4.78 is 0. The quantitative estimate of drug-likeness (QED) is 0.670. The number of pyridine rings is 1. The molecule has 1 unspecified atom stereocenters. The Morgan fingerprint density at radius 2 is 2.17 bits per heavy atom. The zero-order valence-corrected chi connectivity index (χ0v) is 7.58. The second kappa shape index (κ2) is 4.21. The van der Waals surface area contributed by atoms with Crippen molar-refractivity contribution in [2.75, 3.05) is 0 Å². The summed E-state index contributed by atoms with van der Waals surface area (Å²) in [6.45, 7) is 1.50. The van der Waals surface area contributed by atoms with E-state index in [1.807, 2.05) is 12.1 Å². The van der Waals surface area contributed by atoms with Gasteiger partial charge in [-0.3, -0.25) is 9.78 Å². The summed E-state index contributed by atoms with van der Waals surface area (Å²) >= 11 is 5.78. The van der Waals surface area contributed by atoms with Gasteiger partial charge >= 0.3 is 0 Å². The average molecular weight is 184 g/mol. The van der Waals surface area contributed by atoms with Gasteiger partial charge in [0.2, 0.25) is 0 Å². The highest BCUT2D eigenvalue weighted by Gasteiger charge is 2.09. The number of hydrogen-bond donors (Lipinski definition) is 0. The lowest BCUT2D eigenvalue weighted by Crippen LogP contribution is -2.13. The van der Waals surface area contributed by atoms with Crippen molar-refractivity contribution in [2.45, 2.75) is 18.7 Å². The lowest BCUT2D eigenvalue weighted by Gasteiger charge is -2.03. The summed E-state index contributed by atoms with van der Waals surface area (Å²) in [7, 11) is 0. The number of nitrogens with zero attached hydrogens (tertiary/aromatic N) is 1. The van der Waals surface area contributed by atoms with Crippen LogP contribution < -0.4 is 0 Å². The molecular formula is C9H10ClNO. The minimum absolute atomic E-state index is 0.00785. The second-order valence-corrected chi connectivity index (χ2v) is 3.16. The maximum absolute atomic E-state index is 10.8. The molecule has 64 valence electrons. The Kier molecular flexibility index (Phi) is 3.23. The van der Waals surface area contributed by atoms with Crippen LogP contribution in [0.1, 0.15) is 12.5 Å². The second-order valence-electron chi connectivity index (χ2n) is 2.64. The molecule has 0 aliphatic rings. The first-order valence-corrected chi connectivity index (χ1v) is 4.17. The molecule has 0 fully saturated rings. The van der Waals surface area contributed by atoms with Crippen molar-refractivity contribution >= 4 is 17.4 Å². The Hall–Kier alpha value is -0.890. The van der Waals surface area contributed by atoms with Crippen LogP contribution in [0.5, 0.6) is 0 Å². The molecule has 1 heterocycles. The molecule has 1 atom stereocenters. The number of ketones is 1. The fraction of sp³-hybridized carbons (Fsp3) is 0.333. The molecule has 0 radical (unpaired) electrons. The summed E-state index contributed by atoms with van der Waals surface area (Å²) in [5.41, 5.74) is 1.04. The van der Waals surface area contributed by atoms with Gasteiger partial charge in [0.05, 0.1) is 5.38 Å². The largest absolute Gasteiger partial charge is 0.298 e. The van der Waals surface area contributed by atoms with E-state index in [9.17, 15) is 4.79 Å². The Labute approximate surface area is 76.6 Å². The molecule has 0 spiro atoms. The molecule has 0 aliphatic heterocycles. The zero-order chi connectivity index (χ0) is 8.97. The van der Waals surface area contributed by atoms with E-state index in [0.717, 1.165) is 5.56 Å². The molecule has 12 heavy (non-hydrogen) atoms. The van der Waals surface area contributed by atoms with Gasteiger partial charge in [-0.1, -0.05) is 0 Å². The van der Waals surface area contributed by atoms with Crippen LogP contribution in [-0.4, -0.2) is 16.1 Å². The Morgan fingerprint density at radius 3 is 2.67 bits per heavy atom. The smallest absolute Gasteiger partial charge is 0.147 e. The fourth-order valence-corrected chi connectivity index (χ4v) is 1.05. The lowest BCUT2D eigenvalue weighted by molar-refractivity contribution is -0.116. The summed E-state index contributed by atoms with van der Waals surface area (Å²) in [5, 5.41) is -0.410. The third kappa shape index (κ3) is 2.62. The van der Waals surface area contributed by atoms with E-state index in [1.165, 1.54) is 6.92 Å². The summed E-state index contributed by atoms with van der Waals surface area (Å²) in [4.78, 5) is 14.7. The van der Waals surface area contributed by atoms with Crippen molar-refractivity contribution in [3.05, 3.63) is 30.1 Å². The molecule has 1 aromatic heterocycles. The van der Waals surface area contributed by atoms with Crippen LogP contribution in [0.15, 0.2) is 24.5 Å². The van der Waals surface area contributed by atoms with Crippen LogP contribution >= 0.6 is 11.6 Å². The first-order chi connectivity index (χ1) is 5.70. The minimum atomic E-state index is -0.410. The van der Waals surface area contributed by atoms with Gasteiger partial charge in [0, 0.05) is 12.4 Å². The highest BCUT2D eigenvalue weighted by atomic mass is 35.5. The number of Topliss-reactive ketones (excluding diaryl/α,β-unsaturated/α-hetero) is 1. The number of rotatable bonds is 3. The van der Waals surface area contributed by atoms with Crippen molar-refractivity contribution < 1.29 is 4.79 Å². The third-order valence-corrected chi connectivity index (χ3v) is 2.07. The topological polar surface area (TPSA) is 30.0 Å². The first kappa shape index (κ1) is 9.20. The molecule has 0 amide bonds. The zero-order valence-electron chi connectivity index (χ0n) is 6.83. The van der Waals surface area contributed by atoms with Crippen LogP contribution in [-0.2, 0) is 11.2 Å². The standard InChI is InChI=1S/C9H10ClNO/c1-7(12)9(10)6-8-2-4-11-5-3-8/h2-5,9H,6H2,1H3. The maximum Gasteiger partial charge on any atom is 0.147 e. The maximum atomic E-state index is 10.8. The number of hydrogen-bond acceptors (Lipinski definition) is 2. The Balaban J connectivity index is 2.58. The van der Waals surface area contributed by atoms with Gasteiger partial charge in [-0.15, -0.1) is 11.6 Å². The number of carbonyl (C=O) groups is 1. The van der Waals surface area contributed by atoms with Crippen LogP contribution in [0, 0.1) is 0 Å². The normalized spacial score (nSPS) is 12.5. The van der Waals surface area contributed by atoms with Crippen molar-refractivity contribution in [1.82, 2.24) is 4.98 Å². The van der Waals surface area contributed by atoms with Crippen molar-refractivity contribution in [3.8, 4) is 0 Å². The molecule has 1 rings (SSSR count). The van der Waals surface area contributed by atoms with Crippen LogP contribution in [0.2, 0.25) is 0 Å². The number of aromatic nitrogens is 1. The van der Waals surface area contributed by atoms with Crippen molar-refractivity contribution in [3.63, 3.8) is 0 Å². The van der Waals surface area contributed by atoms with Gasteiger partial charge in [-0.05, 0) is 31.0 Å². The van der Waals surface area contributed by atoms with Gasteiger partial charge in [0.15, 0.2) is 0 Å². The van der Waals surface area contributed by atoms with Crippen LogP contribution in [0.3, 0.4) is 0 Å².